The maximum Gasteiger partial charge on any atom is 0.573 e. The van der Waals surface area contributed by atoms with Crippen molar-refractivity contribution in [2.24, 2.45) is 0 Å². The van der Waals surface area contributed by atoms with Gasteiger partial charge in [0.25, 0.3) is 0 Å². The van der Waals surface area contributed by atoms with Crippen LogP contribution >= 0.6 is 0 Å². The van der Waals surface area contributed by atoms with E-state index < -0.39 is 6.36 Å². The standard InChI is InChI=1S/C13H14F3NO2/c1-7-6-17-12-10-3-2-9(19-13(14,15)16)4-8(10)5-11(12)18-7/h2-4,7,11-12,17H,5-6H2,1H3. The lowest BCUT2D eigenvalue weighted by Crippen LogP contribution is -2.44. The van der Waals surface area contributed by atoms with E-state index in [-0.39, 0.29) is 24.0 Å². The van der Waals surface area contributed by atoms with Gasteiger partial charge in [-0.15, -0.1) is 13.2 Å². The summed E-state index contributed by atoms with van der Waals surface area (Å²) in [5, 5.41) is 3.37. The first kappa shape index (κ1) is 12.7. The lowest BCUT2D eigenvalue weighted by Gasteiger charge is -2.32. The fourth-order valence-corrected chi connectivity index (χ4v) is 2.80. The molecule has 1 aromatic carbocycles. The molecule has 1 N–H and O–H groups in total. The van der Waals surface area contributed by atoms with Gasteiger partial charge in [-0.1, -0.05) is 6.07 Å². The normalized spacial score (nSPS) is 29.8. The average molecular weight is 273 g/mol. The molecule has 1 aliphatic heterocycles. The molecule has 3 rings (SSSR count). The van der Waals surface area contributed by atoms with Gasteiger partial charge < -0.3 is 14.8 Å². The summed E-state index contributed by atoms with van der Waals surface area (Å²) in [7, 11) is 0. The quantitative estimate of drug-likeness (QED) is 0.853. The predicted octanol–water partition coefficient (Wildman–Crippen LogP) is 2.56. The summed E-state index contributed by atoms with van der Waals surface area (Å²) in [5.41, 5.74) is 1.87. The minimum atomic E-state index is -4.65. The second kappa shape index (κ2) is 4.38. The number of hydrogen-bond donors (Lipinski definition) is 1. The second-order valence-corrected chi connectivity index (χ2v) is 4.98. The highest BCUT2D eigenvalue weighted by molar-refractivity contribution is 5.42. The van der Waals surface area contributed by atoms with Crippen LogP contribution in [-0.2, 0) is 11.2 Å². The fraction of sp³-hybridized carbons (Fsp3) is 0.538. The van der Waals surface area contributed by atoms with Crippen molar-refractivity contribution in [1.82, 2.24) is 5.32 Å². The molecule has 0 amide bonds. The number of morpholine rings is 1. The summed E-state index contributed by atoms with van der Waals surface area (Å²) < 4.78 is 46.3. The molecule has 0 saturated carbocycles. The Bertz CT molecular complexity index is 489. The van der Waals surface area contributed by atoms with Crippen molar-refractivity contribution in [3.63, 3.8) is 0 Å². The topological polar surface area (TPSA) is 30.5 Å². The molecule has 0 radical (unpaired) electrons. The Hall–Kier alpha value is -1.27. The van der Waals surface area contributed by atoms with E-state index in [1.807, 2.05) is 6.92 Å². The number of ether oxygens (including phenoxy) is 2. The van der Waals surface area contributed by atoms with Gasteiger partial charge in [0.15, 0.2) is 0 Å². The molecule has 0 spiro atoms. The molecule has 0 aromatic heterocycles. The van der Waals surface area contributed by atoms with Crippen molar-refractivity contribution in [3.05, 3.63) is 29.3 Å². The smallest absolute Gasteiger partial charge is 0.406 e. The monoisotopic (exact) mass is 273 g/mol. The first-order chi connectivity index (χ1) is 8.92. The number of halogens is 3. The molecule has 1 aliphatic carbocycles. The number of fused-ring (bicyclic) bond motifs is 3. The van der Waals surface area contributed by atoms with Gasteiger partial charge in [0, 0.05) is 13.0 Å². The number of benzene rings is 1. The van der Waals surface area contributed by atoms with Crippen LogP contribution in [0.25, 0.3) is 0 Å². The van der Waals surface area contributed by atoms with Crippen LogP contribution in [0.5, 0.6) is 5.75 Å². The summed E-state index contributed by atoms with van der Waals surface area (Å²) in [6, 6.07) is 4.57. The molecular formula is C13H14F3NO2. The predicted molar refractivity (Wildman–Crippen MR) is 61.9 cm³/mol. The number of alkyl halides is 3. The van der Waals surface area contributed by atoms with Crippen molar-refractivity contribution in [2.75, 3.05) is 6.54 Å². The highest BCUT2D eigenvalue weighted by atomic mass is 19.4. The van der Waals surface area contributed by atoms with Gasteiger partial charge in [-0.05, 0) is 30.2 Å². The van der Waals surface area contributed by atoms with Crippen molar-refractivity contribution in [3.8, 4) is 5.75 Å². The molecule has 3 atom stereocenters. The highest BCUT2D eigenvalue weighted by Gasteiger charge is 2.38. The van der Waals surface area contributed by atoms with Gasteiger partial charge in [-0.2, -0.15) is 0 Å². The van der Waals surface area contributed by atoms with Crippen molar-refractivity contribution in [2.45, 2.75) is 38.0 Å². The minimum absolute atomic E-state index is 0.000105. The zero-order valence-electron chi connectivity index (χ0n) is 10.3. The third-order valence-electron chi connectivity index (χ3n) is 3.51. The van der Waals surface area contributed by atoms with Crippen LogP contribution in [0.4, 0.5) is 13.2 Å². The van der Waals surface area contributed by atoms with E-state index in [0.717, 1.165) is 17.7 Å². The van der Waals surface area contributed by atoms with Crippen molar-refractivity contribution in [1.29, 1.82) is 0 Å². The number of rotatable bonds is 1. The lowest BCUT2D eigenvalue weighted by atomic mass is 10.1. The van der Waals surface area contributed by atoms with Gasteiger partial charge >= 0.3 is 6.36 Å². The summed E-state index contributed by atoms with van der Waals surface area (Å²) in [4.78, 5) is 0. The van der Waals surface area contributed by atoms with Gasteiger partial charge in [-0.3, -0.25) is 0 Å². The highest BCUT2D eigenvalue weighted by Crippen LogP contribution is 2.38. The number of hydrogen-bond acceptors (Lipinski definition) is 3. The largest absolute Gasteiger partial charge is 0.573 e. The first-order valence-electron chi connectivity index (χ1n) is 6.20. The Labute approximate surface area is 108 Å². The van der Waals surface area contributed by atoms with E-state index in [1.165, 1.54) is 12.1 Å². The van der Waals surface area contributed by atoms with E-state index in [2.05, 4.69) is 10.1 Å². The van der Waals surface area contributed by atoms with Crippen LogP contribution in [0, 0.1) is 0 Å². The molecule has 1 heterocycles. The molecule has 1 aromatic rings. The van der Waals surface area contributed by atoms with E-state index in [0.29, 0.717) is 6.42 Å². The summed E-state index contributed by atoms with van der Waals surface area (Å²) in [6.07, 6.45) is -3.91. The Kier molecular flexibility index (Phi) is 2.94. The Morgan fingerprint density at radius 2 is 2.16 bits per heavy atom. The SMILES string of the molecule is CC1CNC2c3ccc(OC(F)(F)F)cc3CC2O1. The van der Waals surface area contributed by atoms with Crippen LogP contribution in [0.3, 0.4) is 0 Å². The van der Waals surface area contributed by atoms with Crippen LogP contribution in [-0.4, -0.2) is 25.1 Å². The number of nitrogens with one attached hydrogen (secondary N) is 1. The van der Waals surface area contributed by atoms with Crippen molar-refractivity contribution >= 4 is 0 Å². The Balaban J connectivity index is 1.83. The van der Waals surface area contributed by atoms with Gasteiger partial charge in [0.05, 0.1) is 18.2 Å². The van der Waals surface area contributed by atoms with E-state index in [4.69, 9.17) is 4.74 Å². The second-order valence-electron chi connectivity index (χ2n) is 4.98. The molecule has 3 unspecified atom stereocenters. The van der Waals surface area contributed by atoms with Crippen LogP contribution in [0.2, 0.25) is 0 Å². The molecule has 1 saturated heterocycles. The summed E-state index contributed by atoms with van der Waals surface area (Å²) in [6.45, 7) is 2.73. The van der Waals surface area contributed by atoms with E-state index >= 15 is 0 Å². The fourth-order valence-electron chi connectivity index (χ4n) is 2.80. The molecule has 104 valence electrons. The van der Waals surface area contributed by atoms with Gasteiger partial charge in [-0.25, -0.2) is 0 Å². The molecule has 6 heteroatoms. The van der Waals surface area contributed by atoms with Gasteiger partial charge in [0.2, 0.25) is 0 Å². The maximum absolute atomic E-state index is 12.2. The molecule has 3 nitrogen and oxygen atoms in total. The summed E-state index contributed by atoms with van der Waals surface area (Å²) in [5.74, 6) is -0.169. The maximum atomic E-state index is 12.2. The third-order valence-corrected chi connectivity index (χ3v) is 3.51. The zero-order valence-corrected chi connectivity index (χ0v) is 10.3. The molecule has 0 bridgehead atoms. The van der Waals surface area contributed by atoms with Crippen LogP contribution in [0.15, 0.2) is 18.2 Å². The van der Waals surface area contributed by atoms with E-state index in [1.54, 1.807) is 6.07 Å². The van der Waals surface area contributed by atoms with Crippen LogP contribution < -0.4 is 10.1 Å². The Morgan fingerprint density at radius 3 is 2.89 bits per heavy atom. The molecule has 19 heavy (non-hydrogen) atoms. The lowest BCUT2D eigenvalue weighted by molar-refractivity contribution is -0.274. The molecule has 1 fully saturated rings. The van der Waals surface area contributed by atoms with E-state index in [9.17, 15) is 13.2 Å². The zero-order chi connectivity index (χ0) is 13.6. The first-order valence-corrected chi connectivity index (χ1v) is 6.20. The Morgan fingerprint density at radius 1 is 1.37 bits per heavy atom. The van der Waals surface area contributed by atoms with Crippen molar-refractivity contribution < 1.29 is 22.6 Å². The van der Waals surface area contributed by atoms with Crippen LogP contribution in [0.1, 0.15) is 24.1 Å². The summed E-state index contributed by atoms with van der Waals surface area (Å²) >= 11 is 0. The third kappa shape index (κ3) is 2.55. The minimum Gasteiger partial charge on any atom is -0.406 e. The average Bonchev–Trinajstić information content (AvgIpc) is 2.62. The molecular weight excluding hydrogens is 259 g/mol. The van der Waals surface area contributed by atoms with Gasteiger partial charge in [0.1, 0.15) is 5.75 Å². The molecule has 2 aliphatic rings.